The molecule has 0 aromatic heterocycles. The van der Waals surface area contributed by atoms with Crippen LogP contribution in [-0.4, -0.2) is 6.29 Å². The summed E-state index contributed by atoms with van der Waals surface area (Å²) >= 11 is 0. The van der Waals surface area contributed by atoms with Gasteiger partial charge in [-0.15, -0.1) is 0 Å². The van der Waals surface area contributed by atoms with Gasteiger partial charge in [-0.2, -0.15) is 0 Å². The molecule has 0 saturated carbocycles. The van der Waals surface area contributed by atoms with Gasteiger partial charge in [-0.05, 0) is 18.3 Å². The molecule has 0 rings (SSSR count). The predicted octanol–water partition coefficient (Wildman–Crippen LogP) is 3.34. The highest BCUT2D eigenvalue weighted by Crippen LogP contribution is 2.24. The molecule has 0 aliphatic rings. The van der Waals surface area contributed by atoms with Gasteiger partial charge in [-0.25, -0.2) is 0 Å². The van der Waals surface area contributed by atoms with Crippen LogP contribution in [0.15, 0.2) is 0 Å². The van der Waals surface area contributed by atoms with Crippen molar-refractivity contribution in [2.75, 3.05) is 0 Å². The van der Waals surface area contributed by atoms with E-state index in [1.807, 2.05) is 6.29 Å². The summed E-state index contributed by atoms with van der Waals surface area (Å²) in [5.41, 5.74) is 0. The summed E-state index contributed by atoms with van der Waals surface area (Å²) in [5.74, 6) is 1.50. The molecule has 0 aromatic rings. The minimum Gasteiger partial charge on any atom is -0.291 e. The van der Waals surface area contributed by atoms with Crippen LogP contribution in [0, 0.1) is 11.8 Å². The third-order valence-corrected chi connectivity index (χ3v) is 2.69. The highest BCUT2D eigenvalue weighted by molar-refractivity contribution is 5.50. The lowest BCUT2D eigenvalue weighted by Crippen LogP contribution is -2.10. The van der Waals surface area contributed by atoms with Crippen LogP contribution in [0.5, 0.6) is 0 Å². The minimum absolute atomic E-state index is 0.612. The third kappa shape index (κ3) is 4.53. The average molecular weight is 169 g/mol. The molecule has 0 aromatic carbocycles. The van der Waals surface area contributed by atoms with Crippen molar-refractivity contribution in [1.82, 2.24) is 0 Å². The summed E-state index contributed by atoms with van der Waals surface area (Å²) in [4.78, 5) is 10.1. The lowest BCUT2D eigenvalue weighted by molar-refractivity contribution is 0.309. The first kappa shape index (κ1) is 11.7. The Morgan fingerprint density at radius 1 is 1.25 bits per heavy atom. The Balaban J connectivity index is 3.67. The lowest BCUT2D eigenvalue weighted by Gasteiger charge is -2.21. The Bertz CT molecular complexity index is 110. The molecule has 0 fully saturated rings. The second kappa shape index (κ2) is 7.33. The third-order valence-electron chi connectivity index (χ3n) is 2.69. The zero-order valence-corrected chi connectivity index (χ0v) is 8.60. The fourth-order valence-corrected chi connectivity index (χ4v) is 1.78. The lowest BCUT2D eigenvalue weighted by atomic mass is 9.85. The van der Waals surface area contributed by atoms with Crippen molar-refractivity contribution >= 4 is 6.29 Å². The van der Waals surface area contributed by atoms with Crippen LogP contribution in [0.3, 0.4) is 0 Å². The first-order chi connectivity index (χ1) is 5.76. The average Bonchev–Trinajstić information content (AvgIpc) is 2.10. The molecule has 1 nitrogen and oxygen atoms in total. The van der Waals surface area contributed by atoms with Crippen molar-refractivity contribution in [3.8, 4) is 0 Å². The number of hydrogen-bond donors (Lipinski definition) is 0. The molecule has 0 saturated heterocycles. The first-order valence-electron chi connectivity index (χ1n) is 5.11. The molecule has 0 aliphatic carbocycles. The van der Waals surface area contributed by atoms with E-state index >= 15 is 0 Å². The molecule has 0 spiro atoms. The Labute approximate surface area is 76.6 Å². The Hall–Kier alpha value is -0.330. The van der Waals surface area contributed by atoms with Gasteiger partial charge in [0.25, 0.3) is 0 Å². The minimum atomic E-state index is 0.612. The van der Waals surface area contributed by atoms with Gasteiger partial charge in [0, 0.05) is 6.42 Å². The molecule has 0 amide bonds. The van der Waals surface area contributed by atoms with Crippen LogP contribution >= 0.6 is 0 Å². The van der Waals surface area contributed by atoms with Gasteiger partial charge in [-0.1, -0.05) is 40.0 Å². The normalized spacial score (nSPS) is 15.6. The van der Waals surface area contributed by atoms with E-state index in [1.165, 1.54) is 19.3 Å². The van der Waals surface area contributed by atoms with Crippen LogP contribution in [0.1, 0.15) is 52.9 Å². The van der Waals surface area contributed by atoms with E-state index < -0.39 is 0 Å². The van der Waals surface area contributed by atoms with Crippen molar-refractivity contribution in [2.45, 2.75) is 52.9 Å². The molecule has 2 unspecified atom stereocenters. The maximum absolute atomic E-state index is 10.1. The maximum atomic E-state index is 10.1. The SMILES string of the molecule is CCCC(CC)C(C)CC[C]=O. The summed E-state index contributed by atoms with van der Waals surface area (Å²) < 4.78 is 0. The van der Waals surface area contributed by atoms with Crippen molar-refractivity contribution in [2.24, 2.45) is 11.8 Å². The fraction of sp³-hybridized carbons (Fsp3) is 0.909. The first-order valence-corrected chi connectivity index (χ1v) is 5.11. The van der Waals surface area contributed by atoms with Gasteiger partial charge >= 0.3 is 0 Å². The summed E-state index contributed by atoms with van der Waals surface area (Å²) in [5, 5.41) is 0. The van der Waals surface area contributed by atoms with E-state index in [4.69, 9.17) is 0 Å². The largest absolute Gasteiger partial charge is 0.291 e. The molecule has 71 valence electrons. The van der Waals surface area contributed by atoms with Crippen LogP contribution in [0.2, 0.25) is 0 Å². The molecule has 0 heterocycles. The standard InChI is InChI=1S/C11H21O/c1-4-7-11(5-2)10(3)8-6-9-12/h10-11H,4-8H2,1-3H3. The highest BCUT2D eigenvalue weighted by atomic mass is 16.1. The molecule has 0 bridgehead atoms. The summed E-state index contributed by atoms with van der Waals surface area (Å²) in [6.07, 6.45) is 7.40. The number of rotatable bonds is 7. The van der Waals surface area contributed by atoms with Crippen LogP contribution in [-0.2, 0) is 4.79 Å². The summed E-state index contributed by atoms with van der Waals surface area (Å²) in [7, 11) is 0. The number of carbonyl (C=O) groups excluding carboxylic acids is 1. The smallest absolute Gasteiger partial charge is 0.198 e. The van der Waals surface area contributed by atoms with Gasteiger partial charge in [0.05, 0.1) is 0 Å². The molecule has 2 atom stereocenters. The predicted molar refractivity (Wildman–Crippen MR) is 52.8 cm³/mol. The second-order valence-corrected chi connectivity index (χ2v) is 3.62. The zero-order valence-electron chi connectivity index (χ0n) is 8.60. The van der Waals surface area contributed by atoms with Crippen LogP contribution in [0.4, 0.5) is 0 Å². The van der Waals surface area contributed by atoms with E-state index in [-0.39, 0.29) is 0 Å². The van der Waals surface area contributed by atoms with Gasteiger partial charge < -0.3 is 0 Å². The monoisotopic (exact) mass is 169 g/mol. The molecule has 1 radical (unpaired) electrons. The van der Waals surface area contributed by atoms with Crippen LogP contribution in [0.25, 0.3) is 0 Å². The second-order valence-electron chi connectivity index (χ2n) is 3.62. The van der Waals surface area contributed by atoms with E-state index in [9.17, 15) is 4.79 Å². The molecular formula is C11H21O. The van der Waals surface area contributed by atoms with Gasteiger partial charge in [0.1, 0.15) is 0 Å². The Kier molecular flexibility index (Phi) is 7.12. The quantitative estimate of drug-likeness (QED) is 0.571. The van der Waals surface area contributed by atoms with E-state index in [2.05, 4.69) is 20.8 Å². The van der Waals surface area contributed by atoms with Crippen molar-refractivity contribution in [1.29, 1.82) is 0 Å². The van der Waals surface area contributed by atoms with Gasteiger partial charge in [0.2, 0.25) is 0 Å². The van der Waals surface area contributed by atoms with Crippen molar-refractivity contribution < 1.29 is 4.79 Å². The molecule has 1 heteroatoms. The molecule has 0 N–H and O–H groups in total. The maximum Gasteiger partial charge on any atom is 0.198 e. The van der Waals surface area contributed by atoms with Gasteiger partial charge in [0.15, 0.2) is 6.29 Å². The summed E-state index contributed by atoms with van der Waals surface area (Å²) in [6.45, 7) is 6.71. The van der Waals surface area contributed by atoms with E-state index in [0.29, 0.717) is 12.3 Å². The zero-order chi connectivity index (χ0) is 9.40. The molecule has 12 heavy (non-hydrogen) atoms. The molecule has 0 aliphatic heterocycles. The van der Waals surface area contributed by atoms with Crippen LogP contribution < -0.4 is 0 Å². The highest BCUT2D eigenvalue weighted by Gasteiger charge is 2.13. The fourth-order valence-electron chi connectivity index (χ4n) is 1.78. The Morgan fingerprint density at radius 2 is 1.92 bits per heavy atom. The Morgan fingerprint density at radius 3 is 2.33 bits per heavy atom. The van der Waals surface area contributed by atoms with Gasteiger partial charge in [-0.3, -0.25) is 4.79 Å². The number of hydrogen-bond acceptors (Lipinski definition) is 1. The van der Waals surface area contributed by atoms with E-state index in [1.54, 1.807) is 0 Å². The van der Waals surface area contributed by atoms with E-state index in [0.717, 1.165) is 12.3 Å². The molecular weight excluding hydrogens is 148 g/mol. The topological polar surface area (TPSA) is 17.1 Å². The summed E-state index contributed by atoms with van der Waals surface area (Å²) in [6, 6.07) is 0. The van der Waals surface area contributed by atoms with Crippen molar-refractivity contribution in [3.05, 3.63) is 0 Å². The van der Waals surface area contributed by atoms with Crippen molar-refractivity contribution in [3.63, 3.8) is 0 Å².